The van der Waals surface area contributed by atoms with Crippen molar-refractivity contribution in [3.05, 3.63) is 59.7 Å². The molecule has 210 valence electrons. The zero-order chi connectivity index (χ0) is 28.5. The number of rotatable bonds is 14. The van der Waals surface area contributed by atoms with Crippen LogP contribution in [0.4, 0.5) is 14.5 Å². The average molecular weight is 554 g/mol. The highest BCUT2D eigenvalue weighted by molar-refractivity contribution is 7.92. The van der Waals surface area contributed by atoms with Crippen LogP contribution in [0, 0.1) is 11.6 Å². The summed E-state index contributed by atoms with van der Waals surface area (Å²) in [7, 11) is -2.28. The van der Waals surface area contributed by atoms with E-state index in [0.29, 0.717) is 12.2 Å². The Kier molecular flexibility index (Phi) is 11.5. The molecular formula is C27H37F2N3O5S. The highest BCUT2D eigenvalue weighted by Crippen LogP contribution is 2.22. The first-order valence-electron chi connectivity index (χ1n) is 12.6. The number of sulfonamides is 1. The Labute approximate surface area is 224 Å². The second kappa shape index (κ2) is 14.1. The molecule has 11 heteroatoms. The standard InChI is InChI=1S/C27H37F2N3O5S/c1-6-19(3)30-27(34)25(7-2)31(18-20-10-13-22(37-4)14-11-20)26(33)9-8-16-32(38(5,35)36)21-12-15-23(28)24(29)17-21/h10-15,17,19,25H,6-9,16,18H2,1-5H3,(H,30,34)/t19-,25+/m1/s1. The van der Waals surface area contributed by atoms with Crippen molar-refractivity contribution in [3.8, 4) is 5.75 Å². The Hall–Kier alpha value is -3.21. The molecule has 0 unspecified atom stereocenters. The lowest BCUT2D eigenvalue weighted by Gasteiger charge is -2.32. The van der Waals surface area contributed by atoms with E-state index in [1.54, 1.807) is 19.2 Å². The zero-order valence-corrected chi connectivity index (χ0v) is 23.4. The number of halogens is 2. The summed E-state index contributed by atoms with van der Waals surface area (Å²) in [4.78, 5) is 28.0. The van der Waals surface area contributed by atoms with E-state index in [4.69, 9.17) is 4.74 Å². The molecule has 0 bridgehead atoms. The number of benzene rings is 2. The fourth-order valence-electron chi connectivity index (χ4n) is 3.93. The predicted octanol–water partition coefficient (Wildman–Crippen LogP) is 4.24. The minimum absolute atomic E-state index is 0.0340. The van der Waals surface area contributed by atoms with Crippen LogP contribution >= 0.6 is 0 Å². The molecule has 0 spiro atoms. The third-order valence-electron chi connectivity index (χ3n) is 6.24. The summed E-state index contributed by atoms with van der Waals surface area (Å²) in [5.74, 6) is -2.19. The SMILES string of the molecule is CC[C@@H](C)NC(=O)[C@H](CC)N(Cc1ccc(OC)cc1)C(=O)CCCN(c1ccc(F)c(F)c1)S(C)(=O)=O. The number of amides is 2. The number of nitrogens with one attached hydrogen (secondary N) is 1. The monoisotopic (exact) mass is 553 g/mol. The van der Waals surface area contributed by atoms with Crippen LogP contribution in [-0.4, -0.2) is 57.1 Å². The summed E-state index contributed by atoms with van der Waals surface area (Å²) in [6.07, 6.45) is 2.12. The molecule has 2 aromatic carbocycles. The normalized spacial score (nSPS) is 12.9. The number of ether oxygens (including phenoxy) is 1. The lowest BCUT2D eigenvalue weighted by Crippen LogP contribution is -2.50. The second-order valence-electron chi connectivity index (χ2n) is 9.15. The molecule has 8 nitrogen and oxygen atoms in total. The van der Waals surface area contributed by atoms with Gasteiger partial charge in [0.15, 0.2) is 11.6 Å². The maximum Gasteiger partial charge on any atom is 0.243 e. The van der Waals surface area contributed by atoms with Crippen LogP contribution < -0.4 is 14.4 Å². The summed E-state index contributed by atoms with van der Waals surface area (Å²) in [5, 5.41) is 2.94. The molecule has 2 amide bonds. The first-order chi connectivity index (χ1) is 17.9. The first kappa shape index (κ1) is 31.0. The molecule has 0 aliphatic heterocycles. The lowest BCUT2D eigenvalue weighted by molar-refractivity contribution is -0.141. The minimum atomic E-state index is -3.83. The van der Waals surface area contributed by atoms with Crippen molar-refractivity contribution < 1.29 is 31.5 Å². The van der Waals surface area contributed by atoms with Crippen LogP contribution in [0.1, 0.15) is 52.0 Å². The second-order valence-corrected chi connectivity index (χ2v) is 11.1. The topological polar surface area (TPSA) is 96.0 Å². The third-order valence-corrected chi connectivity index (χ3v) is 7.44. The maximum absolute atomic E-state index is 13.8. The molecule has 0 aliphatic carbocycles. The number of nitrogens with zero attached hydrogens (tertiary/aromatic N) is 2. The molecule has 0 heterocycles. The Morgan fingerprint density at radius 3 is 2.21 bits per heavy atom. The summed E-state index contributed by atoms with van der Waals surface area (Å²) in [6.45, 7) is 5.71. The Morgan fingerprint density at radius 2 is 1.68 bits per heavy atom. The van der Waals surface area contributed by atoms with Crippen LogP contribution in [-0.2, 0) is 26.2 Å². The van der Waals surface area contributed by atoms with Crippen molar-refractivity contribution >= 4 is 27.5 Å². The van der Waals surface area contributed by atoms with Crippen LogP contribution in [0.15, 0.2) is 42.5 Å². The lowest BCUT2D eigenvalue weighted by atomic mass is 10.1. The van der Waals surface area contributed by atoms with E-state index in [1.807, 2.05) is 32.9 Å². The zero-order valence-electron chi connectivity index (χ0n) is 22.5. The molecule has 2 atom stereocenters. The summed E-state index contributed by atoms with van der Waals surface area (Å²) >= 11 is 0. The smallest absolute Gasteiger partial charge is 0.243 e. The largest absolute Gasteiger partial charge is 0.497 e. The van der Waals surface area contributed by atoms with Gasteiger partial charge in [0.2, 0.25) is 21.8 Å². The highest BCUT2D eigenvalue weighted by atomic mass is 32.2. The Morgan fingerprint density at radius 1 is 1.03 bits per heavy atom. The first-order valence-corrected chi connectivity index (χ1v) is 14.4. The van der Waals surface area contributed by atoms with Gasteiger partial charge in [-0.15, -0.1) is 0 Å². The van der Waals surface area contributed by atoms with Gasteiger partial charge in [-0.1, -0.05) is 26.0 Å². The molecule has 38 heavy (non-hydrogen) atoms. The van der Waals surface area contributed by atoms with Gasteiger partial charge in [-0.05, 0) is 56.0 Å². The van der Waals surface area contributed by atoms with Gasteiger partial charge in [0.1, 0.15) is 11.8 Å². The number of hydrogen-bond acceptors (Lipinski definition) is 5. The minimum Gasteiger partial charge on any atom is -0.497 e. The van der Waals surface area contributed by atoms with Gasteiger partial charge in [0.25, 0.3) is 0 Å². The molecule has 0 saturated carbocycles. The maximum atomic E-state index is 13.8. The number of carbonyl (C=O) groups is 2. The van der Waals surface area contributed by atoms with E-state index in [-0.39, 0.29) is 49.5 Å². The fraction of sp³-hybridized carbons (Fsp3) is 0.481. The van der Waals surface area contributed by atoms with E-state index in [0.717, 1.165) is 34.7 Å². The summed E-state index contributed by atoms with van der Waals surface area (Å²) < 4.78 is 58.0. The van der Waals surface area contributed by atoms with Crippen molar-refractivity contribution in [3.63, 3.8) is 0 Å². The van der Waals surface area contributed by atoms with E-state index in [9.17, 15) is 26.8 Å². The molecule has 1 N–H and O–H groups in total. The van der Waals surface area contributed by atoms with Crippen molar-refractivity contribution in [1.29, 1.82) is 0 Å². The summed E-state index contributed by atoms with van der Waals surface area (Å²) in [6, 6.07) is 9.20. The molecule has 0 saturated heterocycles. The highest BCUT2D eigenvalue weighted by Gasteiger charge is 2.29. The van der Waals surface area contributed by atoms with E-state index in [1.165, 1.54) is 11.0 Å². The van der Waals surface area contributed by atoms with Gasteiger partial charge in [-0.2, -0.15) is 0 Å². The Bertz CT molecular complexity index is 1190. The van der Waals surface area contributed by atoms with E-state index < -0.39 is 27.7 Å². The van der Waals surface area contributed by atoms with Crippen molar-refractivity contribution in [2.45, 2.75) is 65.1 Å². The van der Waals surface area contributed by atoms with Crippen molar-refractivity contribution in [1.82, 2.24) is 10.2 Å². The average Bonchev–Trinajstić information content (AvgIpc) is 2.87. The van der Waals surface area contributed by atoms with E-state index >= 15 is 0 Å². The van der Waals surface area contributed by atoms with Gasteiger partial charge in [-0.3, -0.25) is 13.9 Å². The van der Waals surface area contributed by atoms with Gasteiger partial charge in [0.05, 0.1) is 19.1 Å². The van der Waals surface area contributed by atoms with Crippen LogP contribution in [0.2, 0.25) is 0 Å². The van der Waals surface area contributed by atoms with Crippen LogP contribution in [0.25, 0.3) is 0 Å². The van der Waals surface area contributed by atoms with Gasteiger partial charge in [0, 0.05) is 31.6 Å². The number of carbonyl (C=O) groups excluding carboxylic acids is 2. The molecule has 0 aliphatic rings. The van der Waals surface area contributed by atoms with E-state index in [2.05, 4.69) is 5.32 Å². The molecule has 0 aromatic heterocycles. The molecule has 0 fully saturated rings. The van der Waals surface area contributed by atoms with Gasteiger partial charge >= 0.3 is 0 Å². The number of anilines is 1. The number of hydrogen-bond donors (Lipinski definition) is 1. The van der Waals surface area contributed by atoms with Gasteiger partial charge in [-0.25, -0.2) is 17.2 Å². The summed E-state index contributed by atoms with van der Waals surface area (Å²) in [5.41, 5.74) is 0.766. The quantitative estimate of drug-likeness (QED) is 0.378. The van der Waals surface area contributed by atoms with Crippen molar-refractivity contribution in [2.75, 3.05) is 24.2 Å². The fourth-order valence-corrected chi connectivity index (χ4v) is 4.89. The van der Waals surface area contributed by atoms with Crippen LogP contribution in [0.5, 0.6) is 5.75 Å². The van der Waals surface area contributed by atoms with Crippen molar-refractivity contribution in [2.24, 2.45) is 0 Å². The molecule has 0 radical (unpaired) electrons. The molecule has 2 rings (SSSR count). The third kappa shape index (κ3) is 8.68. The molecule has 2 aromatic rings. The molecular weight excluding hydrogens is 516 g/mol. The Balaban J connectivity index is 2.24. The number of methoxy groups -OCH3 is 1. The predicted molar refractivity (Wildman–Crippen MR) is 143 cm³/mol. The van der Waals surface area contributed by atoms with Crippen LogP contribution in [0.3, 0.4) is 0 Å². The van der Waals surface area contributed by atoms with Gasteiger partial charge < -0.3 is 15.0 Å².